The topological polar surface area (TPSA) is 141 Å². The van der Waals surface area contributed by atoms with Crippen LogP contribution in [0.2, 0.25) is 0 Å². The van der Waals surface area contributed by atoms with Crippen molar-refractivity contribution in [2.75, 3.05) is 5.75 Å². The zero-order valence-corrected chi connectivity index (χ0v) is 17.0. The first-order valence-corrected chi connectivity index (χ1v) is 11.3. The summed E-state index contributed by atoms with van der Waals surface area (Å²) in [6.07, 6.45) is -3.31. The van der Waals surface area contributed by atoms with Crippen molar-refractivity contribution >= 4 is 31.6 Å². The molecule has 2 N–H and O–H groups in total. The average molecular weight is 462 g/mol. The van der Waals surface area contributed by atoms with Gasteiger partial charge in [-0.1, -0.05) is 25.5 Å². The van der Waals surface area contributed by atoms with Gasteiger partial charge in [-0.25, -0.2) is 17.6 Å². The molecule has 1 aromatic carbocycles. The van der Waals surface area contributed by atoms with Crippen LogP contribution in [0.1, 0.15) is 32.0 Å². The number of nitrogens with zero attached hydrogens (tertiary/aromatic N) is 2. The third kappa shape index (κ3) is 8.65. The minimum atomic E-state index is -4.92. The molecular formula is C15H21F3N2O7S2. The van der Waals surface area contributed by atoms with E-state index < -0.39 is 38.3 Å². The highest BCUT2D eigenvalue weighted by Crippen LogP contribution is 2.30. The third-order valence-corrected chi connectivity index (χ3v) is 4.55. The number of hydrogen-bond acceptors (Lipinski definition) is 5. The van der Waals surface area contributed by atoms with E-state index in [9.17, 15) is 21.6 Å². The van der Waals surface area contributed by atoms with E-state index in [-0.39, 0.29) is 19.5 Å². The fraction of sp³-hybridized carbons (Fsp3) is 0.533. The number of unbranched alkanes of at least 4 members (excludes halogenated alkanes) is 1. The van der Waals surface area contributed by atoms with E-state index in [1.54, 1.807) is 24.3 Å². The average Bonchev–Trinajstić information content (AvgIpc) is 2.84. The molecule has 1 aromatic heterocycles. The molecule has 166 valence electrons. The highest BCUT2D eigenvalue weighted by Gasteiger charge is 2.46. The molecule has 0 spiro atoms. The minimum Gasteiger partial charge on any atom is -0.726 e. The van der Waals surface area contributed by atoms with Gasteiger partial charge in [-0.3, -0.25) is 9.11 Å². The van der Waals surface area contributed by atoms with Crippen LogP contribution in [0.15, 0.2) is 24.3 Å². The molecule has 0 amide bonds. The lowest BCUT2D eigenvalue weighted by Crippen LogP contribution is -2.42. The van der Waals surface area contributed by atoms with Crippen molar-refractivity contribution in [3.8, 4) is 0 Å². The van der Waals surface area contributed by atoms with Crippen molar-refractivity contribution in [2.24, 2.45) is 0 Å². The summed E-state index contributed by atoms with van der Waals surface area (Å²) in [7, 11) is -9.12. The number of halogens is 3. The smallest absolute Gasteiger partial charge is 0.495 e. The molecule has 1 heterocycles. The highest BCUT2D eigenvalue weighted by atomic mass is 32.3. The van der Waals surface area contributed by atoms with Crippen LogP contribution in [0.3, 0.4) is 0 Å². The first-order chi connectivity index (χ1) is 13.1. The Hall–Kier alpha value is -1.74. The second kappa shape index (κ2) is 9.84. The molecule has 0 aliphatic carbocycles. The van der Waals surface area contributed by atoms with Crippen LogP contribution in [0, 0.1) is 0 Å². The fourth-order valence-electron chi connectivity index (χ4n) is 2.77. The van der Waals surface area contributed by atoms with E-state index in [1.165, 1.54) is 4.57 Å². The molecule has 0 bridgehead atoms. The third-order valence-electron chi connectivity index (χ3n) is 3.75. The predicted molar refractivity (Wildman–Crippen MR) is 95.4 cm³/mol. The second-order valence-electron chi connectivity index (χ2n) is 6.03. The molecule has 0 aliphatic heterocycles. The summed E-state index contributed by atoms with van der Waals surface area (Å²) in [4.78, 5) is 0. The quantitative estimate of drug-likeness (QED) is 0.364. The van der Waals surface area contributed by atoms with Crippen LogP contribution in [0.4, 0.5) is 13.2 Å². The van der Waals surface area contributed by atoms with Crippen molar-refractivity contribution < 1.29 is 48.2 Å². The van der Waals surface area contributed by atoms with Gasteiger partial charge in [0.2, 0.25) is 10.4 Å². The Labute approximate surface area is 166 Å². The molecule has 0 radical (unpaired) electrons. The molecule has 0 aliphatic rings. The van der Waals surface area contributed by atoms with Crippen molar-refractivity contribution in [3.63, 3.8) is 0 Å². The largest absolute Gasteiger partial charge is 0.726 e. The van der Waals surface area contributed by atoms with Crippen LogP contribution >= 0.6 is 0 Å². The molecular weight excluding hydrogens is 441 g/mol. The molecule has 0 fully saturated rings. The maximum absolute atomic E-state index is 13.6. The van der Waals surface area contributed by atoms with Gasteiger partial charge in [0.05, 0.1) is 18.8 Å². The van der Waals surface area contributed by atoms with Crippen LogP contribution in [-0.4, -0.2) is 40.8 Å². The van der Waals surface area contributed by atoms with E-state index in [2.05, 4.69) is 0 Å². The summed E-state index contributed by atoms with van der Waals surface area (Å²) in [5, 5.41) is 0. The number of hydrogen-bond donors (Lipinski definition) is 2. The lowest BCUT2D eigenvalue weighted by atomic mass is 10.3. The molecule has 29 heavy (non-hydrogen) atoms. The Bertz CT molecular complexity index is 1020. The standard InChI is InChI=1S/C15H19F3N2O3S.H2O4S/c1-2-3-9-19-12-7-4-5-8-13(12)20(14(19)15(16,17)18)10-6-11-24(21,22)23;1-5(2,3)4/h4-5,7-8H,2-3,6,9-11H2,1H3;(H2,1,2,3,4). The van der Waals surface area contributed by atoms with E-state index >= 15 is 0 Å². The lowest BCUT2D eigenvalue weighted by Gasteiger charge is -2.08. The molecule has 2 aromatic rings. The van der Waals surface area contributed by atoms with E-state index in [4.69, 9.17) is 22.1 Å². The Balaban J connectivity index is 0.000000749. The number of rotatable bonds is 7. The van der Waals surface area contributed by atoms with Gasteiger partial charge in [-0.05, 0) is 18.6 Å². The Morgan fingerprint density at radius 1 is 1.10 bits per heavy atom. The number of alkyl halides is 3. The second-order valence-corrected chi connectivity index (χ2v) is 8.46. The van der Waals surface area contributed by atoms with E-state index in [0.29, 0.717) is 17.5 Å². The number of benzene rings is 1. The maximum Gasteiger partial charge on any atom is 0.495 e. The van der Waals surface area contributed by atoms with E-state index in [1.807, 2.05) is 6.92 Å². The molecule has 14 heteroatoms. The predicted octanol–water partition coefficient (Wildman–Crippen LogP) is 2.03. The molecule has 9 nitrogen and oxygen atoms in total. The molecule has 0 atom stereocenters. The van der Waals surface area contributed by atoms with Crippen LogP contribution in [-0.2, 0) is 39.8 Å². The molecule has 2 rings (SSSR count). The van der Waals surface area contributed by atoms with Gasteiger partial charge >= 0.3 is 12.0 Å². The molecule has 0 unspecified atom stereocenters. The summed E-state index contributed by atoms with van der Waals surface area (Å²) in [5.41, 5.74) is 0.862. The number of imidazole rings is 1. The summed E-state index contributed by atoms with van der Waals surface area (Å²) in [6.45, 7) is 1.99. The normalized spacial score (nSPS) is 12.7. The van der Waals surface area contributed by atoms with Gasteiger partial charge < -0.3 is 4.55 Å². The number of aryl methyl sites for hydroxylation is 2. The van der Waals surface area contributed by atoms with Gasteiger partial charge in [0, 0.05) is 6.42 Å². The summed E-state index contributed by atoms with van der Waals surface area (Å²) < 4.78 is 107. The van der Waals surface area contributed by atoms with Crippen LogP contribution < -0.4 is 4.57 Å². The van der Waals surface area contributed by atoms with Gasteiger partial charge in [0.25, 0.3) is 10.1 Å². The molecule has 0 saturated heterocycles. The van der Waals surface area contributed by atoms with Crippen molar-refractivity contribution in [1.82, 2.24) is 4.57 Å². The van der Waals surface area contributed by atoms with Gasteiger partial charge in [0.15, 0.2) is 11.0 Å². The van der Waals surface area contributed by atoms with Crippen molar-refractivity contribution in [3.05, 3.63) is 30.1 Å². The minimum absolute atomic E-state index is 0.103. The van der Waals surface area contributed by atoms with Crippen LogP contribution in [0.25, 0.3) is 11.0 Å². The monoisotopic (exact) mass is 462 g/mol. The van der Waals surface area contributed by atoms with Gasteiger partial charge in [-0.15, -0.1) is 0 Å². The Morgan fingerprint density at radius 2 is 1.66 bits per heavy atom. The zero-order valence-electron chi connectivity index (χ0n) is 15.3. The highest BCUT2D eigenvalue weighted by molar-refractivity contribution is 7.85. The summed E-state index contributed by atoms with van der Waals surface area (Å²) in [5.74, 6) is -1.38. The lowest BCUT2D eigenvalue weighted by molar-refractivity contribution is -0.692. The Morgan fingerprint density at radius 3 is 2.14 bits per heavy atom. The fourth-order valence-corrected chi connectivity index (χ4v) is 3.27. The van der Waals surface area contributed by atoms with Crippen molar-refractivity contribution in [2.45, 2.75) is 45.5 Å². The summed E-state index contributed by atoms with van der Waals surface area (Å²) in [6, 6.07) is 6.53. The molecule has 0 saturated carbocycles. The SMILES string of the molecule is CCCCn1c(C(F)(F)F)[n+](CCCS(=O)(=O)O)c2ccccc21.O=S(=O)([O-])O. The number of fused-ring (bicyclic) bond motifs is 1. The van der Waals surface area contributed by atoms with Gasteiger partial charge in [-0.2, -0.15) is 21.6 Å². The van der Waals surface area contributed by atoms with Crippen LogP contribution in [0.5, 0.6) is 0 Å². The maximum atomic E-state index is 13.6. The zero-order chi connectivity index (χ0) is 22.5. The number of aromatic nitrogens is 2. The summed E-state index contributed by atoms with van der Waals surface area (Å²) >= 11 is 0. The first-order valence-electron chi connectivity index (χ1n) is 8.37. The van der Waals surface area contributed by atoms with Crippen molar-refractivity contribution in [1.29, 1.82) is 0 Å². The van der Waals surface area contributed by atoms with Gasteiger partial charge in [0.1, 0.15) is 0 Å². The number of para-hydroxylation sites is 2. The van der Waals surface area contributed by atoms with E-state index in [0.717, 1.165) is 11.0 Å². The first kappa shape index (κ1) is 25.3. The Kier molecular flexibility index (Phi) is 8.59.